The average molecular weight is 286 g/mol. The number of aromatic nitrogens is 2. The quantitative estimate of drug-likeness (QED) is 0.858. The maximum absolute atomic E-state index is 11.7. The van der Waals surface area contributed by atoms with Crippen LogP contribution in [-0.4, -0.2) is 22.7 Å². The first-order valence-corrected chi connectivity index (χ1v) is 7.22. The van der Waals surface area contributed by atoms with Crippen LogP contribution in [0.4, 0.5) is 5.69 Å². The number of anilines is 1. The van der Waals surface area contributed by atoms with Crippen LogP contribution in [0.25, 0.3) is 0 Å². The first-order valence-electron chi connectivity index (χ1n) is 7.22. The lowest BCUT2D eigenvalue weighted by Crippen LogP contribution is -2.18. The minimum absolute atomic E-state index is 0.0752. The van der Waals surface area contributed by atoms with Gasteiger partial charge in [0.25, 0.3) is 5.91 Å². The molecule has 21 heavy (non-hydrogen) atoms. The van der Waals surface area contributed by atoms with E-state index < -0.39 is 0 Å². The summed E-state index contributed by atoms with van der Waals surface area (Å²) in [5, 5.41) is 10.3. The van der Waals surface area contributed by atoms with Crippen molar-refractivity contribution < 1.29 is 4.79 Å². The molecule has 1 heterocycles. The Labute approximate surface area is 125 Å². The molecule has 0 aliphatic carbocycles. The van der Waals surface area contributed by atoms with Gasteiger partial charge in [-0.15, -0.1) is 0 Å². The molecule has 0 fully saturated rings. The van der Waals surface area contributed by atoms with Crippen LogP contribution in [0.3, 0.4) is 0 Å². The zero-order valence-corrected chi connectivity index (χ0v) is 12.8. The molecule has 2 aromatic rings. The second-order valence-corrected chi connectivity index (χ2v) is 5.07. The summed E-state index contributed by atoms with van der Waals surface area (Å²) in [6.45, 7) is 5.79. The number of benzene rings is 1. The molecule has 0 aliphatic rings. The molecular formula is C16H22N4O. The summed E-state index contributed by atoms with van der Waals surface area (Å²) < 4.78 is 1.95. The molecule has 0 radical (unpaired) electrons. The molecule has 1 amide bonds. The normalized spacial score (nSPS) is 10.4. The largest absolute Gasteiger partial charge is 0.381 e. The van der Waals surface area contributed by atoms with Gasteiger partial charge in [0.05, 0.1) is 6.20 Å². The fraction of sp³-hybridized carbons (Fsp3) is 0.375. The molecule has 0 bridgehead atoms. The SMILES string of the molecule is CCCn1cc(CNc2cc(C(=O)NC)ccc2C)cn1. The highest BCUT2D eigenvalue weighted by atomic mass is 16.1. The highest BCUT2D eigenvalue weighted by Crippen LogP contribution is 2.18. The van der Waals surface area contributed by atoms with Crippen molar-refractivity contribution in [2.24, 2.45) is 0 Å². The van der Waals surface area contributed by atoms with E-state index >= 15 is 0 Å². The minimum atomic E-state index is -0.0752. The van der Waals surface area contributed by atoms with Crippen molar-refractivity contribution in [3.05, 3.63) is 47.3 Å². The van der Waals surface area contributed by atoms with Gasteiger partial charge >= 0.3 is 0 Å². The fourth-order valence-electron chi connectivity index (χ4n) is 2.14. The van der Waals surface area contributed by atoms with Gasteiger partial charge in [0.15, 0.2) is 0 Å². The number of rotatable bonds is 6. The fourth-order valence-corrected chi connectivity index (χ4v) is 2.14. The van der Waals surface area contributed by atoms with Crippen molar-refractivity contribution in [2.45, 2.75) is 33.4 Å². The molecule has 0 saturated carbocycles. The summed E-state index contributed by atoms with van der Waals surface area (Å²) in [6.07, 6.45) is 5.00. The van der Waals surface area contributed by atoms with E-state index in [0.29, 0.717) is 12.1 Å². The summed E-state index contributed by atoms with van der Waals surface area (Å²) in [6, 6.07) is 5.66. The van der Waals surface area contributed by atoms with Crippen LogP contribution in [0.5, 0.6) is 0 Å². The topological polar surface area (TPSA) is 59.0 Å². The van der Waals surface area contributed by atoms with Crippen LogP contribution >= 0.6 is 0 Å². The van der Waals surface area contributed by atoms with Crippen molar-refractivity contribution in [3.8, 4) is 0 Å². The zero-order valence-electron chi connectivity index (χ0n) is 12.8. The summed E-state index contributed by atoms with van der Waals surface area (Å²) in [5.74, 6) is -0.0752. The Morgan fingerprint density at radius 3 is 2.90 bits per heavy atom. The van der Waals surface area contributed by atoms with Gasteiger partial charge in [-0.3, -0.25) is 9.48 Å². The highest BCUT2D eigenvalue weighted by Gasteiger charge is 2.06. The van der Waals surface area contributed by atoms with Crippen molar-refractivity contribution in [1.29, 1.82) is 0 Å². The maximum Gasteiger partial charge on any atom is 0.251 e. The van der Waals surface area contributed by atoms with Crippen LogP contribution in [0.1, 0.15) is 34.8 Å². The molecule has 1 aromatic heterocycles. The number of aryl methyl sites for hydroxylation is 2. The number of amides is 1. The van der Waals surface area contributed by atoms with Crippen molar-refractivity contribution in [3.63, 3.8) is 0 Å². The van der Waals surface area contributed by atoms with Crippen LogP contribution in [0.2, 0.25) is 0 Å². The van der Waals surface area contributed by atoms with Gasteiger partial charge in [0.1, 0.15) is 0 Å². The van der Waals surface area contributed by atoms with Crippen LogP contribution in [-0.2, 0) is 13.1 Å². The first-order chi connectivity index (χ1) is 10.1. The van der Waals surface area contributed by atoms with Gasteiger partial charge < -0.3 is 10.6 Å². The van der Waals surface area contributed by atoms with Crippen LogP contribution in [0.15, 0.2) is 30.6 Å². The monoisotopic (exact) mass is 286 g/mol. The number of nitrogens with one attached hydrogen (secondary N) is 2. The van der Waals surface area contributed by atoms with E-state index in [1.807, 2.05) is 36.0 Å². The van der Waals surface area contributed by atoms with E-state index in [4.69, 9.17) is 0 Å². The third-order valence-corrected chi connectivity index (χ3v) is 3.35. The number of nitrogens with zero attached hydrogens (tertiary/aromatic N) is 2. The zero-order chi connectivity index (χ0) is 15.2. The molecule has 112 valence electrons. The minimum Gasteiger partial charge on any atom is -0.381 e. The van der Waals surface area contributed by atoms with Gasteiger partial charge in [-0.1, -0.05) is 13.0 Å². The van der Waals surface area contributed by atoms with E-state index in [1.54, 1.807) is 7.05 Å². The second-order valence-electron chi connectivity index (χ2n) is 5.07. The highest BCUT2D eigenvalue weighted by molar-refractivity contribution is 5.95. The lowest BCUT2D eigenvalue weighted by Gasteiger charge is -2.10. The van der Waals surface area contributed by atoms with Crippen molar-refractivity contribution in [1.82, 2.24) is 15.1 Å². The van der Waals surface area contributed by atoms with Gasteiger partial charge in [-0.05, 0) is 31.0 Å². The van der Waals surface area contributed by atoms with Crippen LogP contribution < -0.4 is 10.6 Å². The average Bonchev–Trinajstić information content (AvgIpc) is 2.93. The molecule has 2 rings (SSSR count). The summed E-state index contributed by atoms with van der Waals surface area (Å²) in [4.78, 5) is 11.7. The van der Waals surface area contributed by atoms with Crippen LogP contribution in [0, 0.1) is 6.92 Å². The smallest absolute Gasteiger partial charge is 0.251 e. The van der Waals surface area contributed by atoms with Crippen molar-refractivity contribution >= 4 is 11.6 Å². The number of carbonyl (C=O) groups is 1. The first kappa shape index (κ1) is 15.1. The Balaban J connectivity index is 2.06. The van der Waals surface area contributed by atoms with E-state index in [2.05, 4.69) is 28.9 Å². The van der Waals surface area contributed by atoms with E-state index in [1.165, 1.54) is 0 Å². The van der Waals surface area contributed by atoms with Gasteiger partial charge in [-0.25, -0.2) is 0 Å². The predicted molar refractivity (Wildman–Crippen MR) is 84.4 cm³/mol. The summed E-state index contributed by atoms with van der Waals surface area (Å²) >= 11 is 0. The Hall–Kier alpha value is -2.30. The molecule has 1 aromatic carbocycles. The molecule has 0 aliphatic heterocycles. The summed E-state index contributed by atoms with van der Waals surface area (Å²) in [7, 11) is 1.64. The van der Waals surface area contributed by atoms with Gasteiger partial charge in [0, 0.05) is 43.1 Å². The Kier molecular flexibility index (Phi) is 4.98. The Bertz CT molecular complexity index is 618. The van der Waals surface area contributed by atoms with E-state index in [0.717, 1.165) is 29.8 Å². The third kappa shape index (κ3) is 3.84. The van der Waals surface area contributed by atoms with E-state index in [-0.39, 0.29) is 5.91 Å². The number of hydrogen-bond donors (Lipinski definition) is 2. The molecule has 0 saturated heterocycles. The van der Waals surface area contributed by atoms with Gasteiger partial charge in [0.2, 0.25) is 0 Å². The number of hydrogen-bond acceptors (Lipinski definition) is 3. The molecule has 2 N–H and O–H groups in total. The van der Waals surface area contributed by atoms with Crippen molar-refractivity contribution in [2.75, 3.05) is 12.4 Å². The third-order valence-electron chi connectivity index (χ3n) is 3.35. The molecular weight excluding hydrogens is 264 g/mol. The Morgan fingerprint density at radius 1 is 1.38 bits per heavy atom. The maximum atomic E-state index is 11.7. The molecule has 0 spiro atoms. The molecule has 0 atom stereocenters. The standard InChI is InChI=1S/C16H22N4O/c1-4-7-20-11-13(10-19-20)9-18-15-8-14(16(21)17-3)6-5-12(15)2/h5-6,8,10-11,18H,4,7,9H2,1-3H3,(H,17,21). The lowest BCUT2D eigenvalue weighted by molar-refractivity contribution is 0.0963. The molecule has 0 unspecified atom stereocenters. The Morgan fingerprint density at radius 2 is 2.19 bits per heavy atom. The lowest BCUT2D eigenvalue weighted by atomic mass is 10.1. The summed E-state index contributed by atoms with van der Waals surface area (Å²) in [5.41, 5.74) is 3.88. The molecule has 5 heteroatoms. The second kappa shape index (κ2) is 6.92. The van der Waals surface area contributed by atoms with E-state index in [9.17, 15) is 4.79 Å². The predicted octanol–water partition coefficient (Wildman–Crippen LogP) is 2.57. The number of carbonyl (C=O) groups excluding carboxylic acids is 1. The van der Waals surface area contributed by atoms with Gasteiger partial charge in [-0.2, -0.15) is 5.10 Å². The molecule has 5 nitrogen and oxygen atoms in total.